The van der Waals surface area contributed by atoms with Crippen LogP contribution < -0.4 is 4.74 Å². The summed E-state index contributed by atoms with van der Waals surface area (Å²) in [6.07, 6.45) is 7.16. The van der Waals surface area contributed by atoms with Crippen molar-refractivity contribution >= 4 is 11.8 Å². The number of rotatable bonds is 4. The lowest BCUT2D eigenvalue weighted by Crippen LogP contribution is -2.42. The first-order valence-electron chi connectivity index (χ1n) is 13.6. The molecule has 2 aromatic carbocycles. The molecule has 3 heterocycles. The summed E-state index contributed by atoms with van der Waals surface area (Å²) in [7, 11) is 1.81. The highest BCUT2D eigenvalue weighted by molar-refractivity contribution is 5.94. The van der Waals surface area contributed by atoms with E-state index in [9.17, 15) is 9.59 Å². The van der Waals surface area contributed by atoms with Crippen LogP contribution in [0.25, 0.3) is 11.1 Å². The van der Waals surface area contributed by atoms with Gasteiger partial charge in [0.15, 0.2) is 0 Å². The van der Waals surface area contributed by atoms with E-state index in [2.05, 4.69) is 16.0 Å². The summed E-state index contributed by atoms with van der Waals surface area (Å²) in [6, 6.07) is 18.0. The van der Waals surface area contributed by atoms with Crippen LogP contribution in [0.3, 0.4) is 0 Å². The Hall–Kier alpha value is -3.71. The second-order valence-electron chi connectivity index (χ2n) is 10.2. The minimum Gasteiger partial charge on any atom is -0.491 e. The number of benzene rings is 2. The number of carbonyl (C=O) groups excluding carboxylic acids is 2. The van der Waals surface area contributed by atoms with Crippen molar-refractivity contribution < 1.29 is 14.3 Å². The highest BCUT2D eigenvalue weighted by Crippen LogP contribution is 2.29. The minimum atomic E-state index is -0.0334. The molecule has 1 aromatic heterocycles. The van der Waals surface area contributed by atoms with E-state index in [1.54, 1.807) is 18.1 Å². The van der Waals surface area contributed by atoms with Gasteiger partial charge in [-0.15, -0.1) is 0 Å². The van der Waals surface area contributed by atoms with Crippen LogP contribution in [0.15, 0.2) is 67.0 Å². The molecular formula is C31H36N4O3. The number of likely N-dealkylation sites (tertiary alicyclic amines) is 1. The van der Waals surface area contributed by atoms with Crippen molar-refractivity contribution in [3.8, 4) is 16.9 Å². The second kappa shape index (κ2) is 12.2. The van der Waals surface area contributed by atoms with Crippen molar-refractivity contribution in [3.05, 3.63) is 83.7 Å². The molecule has 0 saturated carbocycles. The minimum absolute atomic E-state index is 0.0334. The summed E-state index contributed by atoms with van der Waals surface area (Å²) in [4.78, 5) is 36.6. The number of ether oxygens (including phenoxy) is 1. The van der Waals surface area contributed by atoms with Crippen LogP contribution in [0.5, 0.6) is 5.75 Å². The van der Waals surface area contributed by atoms with Crippen LogP contribution in [0, 0.1) is 0 Å². The molecule has 1 saturated heterocycles. The molecule has 2 aliphatic heterocycles. The Kier molecular flexibility index (Phi) is 8.34. The van der Waals surface area contributed by atoms with E-state index in [-0.39, 0.29) is 11.8 Å². The Morgan fingerprint density at radius 3 is 2.58 bits per heavy atom. The predicted octanol–water partition coefficient (Wildman–Crippen LogP) is 4.12. The molecule has 0 unspecified atom stereocenters. The highest BCUT2D eigenvalue weighted by atomic mass is 16.5. The molecule has 2 amide bonds. The third-order valence-corrected chi connectivity index (χ3v) is 7.49. The third kappa shape index (κ3) is 6.40. The largest absolute Gasteiger partial charge is 0.491 e. The van der Waals surface area contributed by atoms with Crippen molar-refractivity contribution in [3.63, 3.8) is 0 Å². The predicted molar refractivity (Wildman–Crippen MR) is 148 cm³/mol. The lowest BCUT2D eigenvalue weighted by Gasteiger charge is -2.27. The standard InChI is InChI=1S/C31H36N4O3/c1-33-16-17-35(30(36)11-15-34-13-2-3-14-34)18-19-38-29-10-9-25(27-8-5-12-32-23-27)22-28(29)21-24-6-4-7-26(20-24)31(33)37/h4-10,12,20,22-23H,2-3,11,13-19,21H2,1H3. The summed E-state index contributed by atoms with van der Waals surface area (Å²) in [5.74, 6) is 0.879. The van der Waals surface area contributed by atoms with E-state index in [0.717, 1.165) is 47.6 Å². The zero-order chi connectivity index (χ0) is 26.3. The number of nitrogens with zero attached hydrogens (tertiary/aromatic N) is 4. The van der Waals surface area contributed by atoms with Gasteiger partial charge in [-0.2, -0.15) is 0 Å². The van der Waals surface area contributed by atoms with Crippen molar-refractivity contribution in [2.24, 2.45) is 0 Å². The van der Waals surface area contributed by atoms with Gasteiger partial charge in [0, 0.05) is 63.0 Å². The lowest BCUT2D eigenvalue weighted by molar-refractivity contribution is -0.132. The maximum atomic E-state index is 13.2. The molecule has 0 aliphatic carbocycles. The molecule has 5 rings (SSSR count). The van der Waals surface area contributed by atoms with Gasteiger partial charge < -0.3 is 19.4 Å². The topological polar surface area (TPSA) is 66.0 Å². The monoisotopic (exact) mass is 512 g/mol. The molecule has 38 heavy (non-hydrogen) atoms. The fourth-order valence-electron chi connectivity index (χ4n) is 5.24. The Balaban J connectivity index is 1.41. The fourth-order valence-corrected chi connectivity index (χ4v) is 5.24. The highest BCUT2D eigenvalue weighted by Gasteiger charge is 2.20. The quantitative estimate of drug-likeness (QED) is 0.526. The van der Waals surface area contributed by atoms with Gasteiger partial charge in [-0.25, -0.2) is 0 Å². The van der Waals surface area contributed by atoms with E-state index >= 15 is 0 Å². The first kappa shape index (κ1) is 25.9. The van der Waals surface area contributed by atoms with Crippen LogP contribution in [0.1, 0.15) is 40.7 Å². The summed E-state index contributed by atoms with van der Waals surface area (Å²) in [5, 5.41) is 0. The van der Waals surface area contributed by atoms with Gasteiger partial charge >= 0.3 is 0 Å². The van der Waals surface area contributed by atoms with E-state index < -0.39 is 0 Å². The average molecular weight is 513 g/mol. The molecule has 2 bridgehead atoms. The number of carbonyl (C=O) groups is 2. The van der Waals surface area contributed by atoms with Gasteiger partial charge in [0.2, 0.25) is 5.91 Å². The molecule has 7 heteroatoms. The van der Waals surface area contributed by atoms with Crippen molar-refractivity contribution in [1.29, 1.82) is 0 Å². The Morgan fingerprint density at radius 1 is 0.921 bits per heavy atom. The average Bonchev–Trinajstić information content (AvgIpc) is 3.47. The number of pyridine rings is 1. The first-order valence-corrected chi connectivity index (χ1v) is 13.6. The van der Waals surface area contributed by atoms with Gasteiger partial charge in [0.1, 0.15) is 12.4 Å². The summed E-state index contributed by atoms with van der Waals surface area (Å²) < 4.78 is 6.30. The smallest absolute Gasteiger partial charge is 0.253 e. The van der Waals surface area contributed by atoms with Crippen molar-refractivity contribution in [2.45, 2.75) is 25.7 Å². The van der Waals surface area contributed by atoms with E-state index in [0.29, 0.717) is 44.6 Å². The van der Waals surface area contributed by atoms with Crippen LogP contribution >= 0.6 is 0 Å². The van der Waals surface area contributed by atoms with E-state index in [4.69, 9.17) is 4.74 Å². The van der Waals surface area contributed by atoms with Gasteiger partial charge in [0.05, 0.1) is 6.54 Å². The molecule has 0 atom stereocenters. The number of fused-ring (bicyclic) bond motifs is 3. The molecule has 0 radical (unpaired) electrons. The Bertz CT molecular complexity index is 1260. The molecule has 0 spiro atoms. The number of hydrogen-bond donors (Lipinski definition) is 0. The third-order valence-electron chi connectivity index (χ3n) is 7.49. The lowest BCUT2D eigenvalue weighted by atomic mass is 9.98. The molecule has 0 N–H and O–H groups in total. The van der Waals surface area contributed by atoms with Gasteiger partial charge in [0.25, 0.3) is 5.91 Å². The molecule has 198 valence electrons. The summed E-state index contributed by atoms with van der Waals surface area (Å²) in [6.45, 7) is 4.77. The zero-order valence-electron chi connectivity index (χ0n) is 22.1. The van der Waals surface area contributed by atoms with Crippen LogP contribution in [-0.2, 0) is 11.2 Å². The second-order valence-corrected chi connectivity index (χ2v) is 10.2. The number of amides is 2. The molecule has 7 nitrogen and oxygen atoms in total. The van der Waals surface area contributed by atoms with Crippen molar-refractivity contribution in [2.75, 3.05) is 52.9 Å². The van der Waals surface area contributed by atoms with Gasteiger partial charge in [-0.1, -0.05) is 24.3 Å². The fraction of sp³-hybridized carbons (Fsp3) is 0.387. The van der Waals surface area contributed by atoms with Gasteiger partial charge in [-0.3, -0.25) is 14.6 Å². The molecular weight excluding hydrogens is 476 g/mol. The molecule has 2 aliphatic rings. The maximum absolute atomic E-state index is 13.2. The van der Waals surface area contributed by atoms with Crippen LogP contribution in [0.4, 0.5) is 0 Å². The maximum Gasteiger partial charge on any atom is 0.253 e. The summed E-state index contributed by atoms with van der Waals surface area (Å²) in [5.41, 5.74) is 4.84. The SMILES string of the molecule is CN1CCN(C(=O)CCN2CCCC2)CCOc2ccc(-c3cccnc3)cc2Cc2cccc(c2)C1=O. The number of likely N-dealkylation sites (N-methyl/N-ethyl adjacent to an activating group) is 1. The van der Waals surface area contributed by atoms with Crippen molar-refractivity contribution in [1.82, 2.24) is 19.7 Å². The molecule has 1 fully saturated rings. The number of hydrogen-bond acceptors (Lipinski definition) is 5. The van der Waals surface area contributed by atoms with E-state index in [1.807, 2.05) is 59.6 Å². The molecule has 3 aromatic rings. The van der Waals surface area contributed by atoms with E-state index in [1.165, 1.54) is 12.8 Å². The normalized spacial score (nSPS) is 17.0. The summed E-state index contributed by atoms with van der Waals surface area (Å²) >= 11 is 0. The first-order chi connectivity index (χ1) is 18.6. The Morgan fingerprint density at radius 2 is 1.76 bits per heavy atom. The van der Waals surface area contributed by atoms with Gasteiger partial charge in [-0.05, 0) is 73.0 Å². The Labute approximate surface area is 225 Å². The zero-order valence-corrected chi connectivity index (χ0v) is 22.1. The van der Waals surface area contributed by atoms with Crippen LogP contribution in [0.2, 0.25) is 0 Å². The number of aromatic nitrogens is 1. The van der Waals surface area contributed by atoms with Crippen LogP contribution in [-0.4, -0.2) is 84.4 Å².